The second-order valence-corrected chi connectivity index (χ2v) is 8.99. The van der Waals surface area contributed by atoms with Gasteiger partial charge in [-0.15, -0.1) is 0 Å². The minimum atomic E-state index is 0.00811. The lowest BCUT2D eigenvalue weighted by Gasteiger charge is -2.32. The summed E-state index contributed by atoms with van der Waals surface area (Å²) in [4.78, 5) is 17.5. The molecular weight excluding hydrogens is 402 g/mol. The van der Waals surface area contributed by atoms with Crippen LogP contribution in [0.2, 0.25) is 0 Å². The summed E-state index contributed by atoms with van der Waals surface area (Å²) in [7, 11) is 0. The van der Waals surface area contributed by atoms with E-state index in [9.17, 15) is 4.79 Å². The molecule has 166 valence electrons. The van der Waals surface area contributed by atoms with Gasteiger partial charge in [0.2, 0.25) is 0 Å². The number of piperidine rings is 1. The SMILES string of the molecule is CCn1c([C@@H]2Nc3cc(C(=O)N4CCCC(N)C4)cc4c3N2CCO4)cc2ccccc21. The average molecular weight is 432 g/mol. The monoisotopic (exact) mass is 431 g/mol. The molecule has 1 unspecified atom stereocenters. The van der Waals surface area contributed by atoms with Crippen LogP contribution in [0.5, 0.6) is 5.75 Å². The van der Waals surface area contributed by atoms with Gasteiger partial charge in [0.1, 0.15) is 24.2 Å². The highest BCUT2D eigenvalue weighted by atomic mass is 16.5. The molecule has 3 aliphatic rings. The highest BCUT2D eigenvalue weighted by molar-refractivity contribution is 5.99. The molecule has 0 saturated carbocycles. The molecule has 32 heavy (non-hydrogen) atoms. The van der Waals surface area contributed by atoms with Crippen LogP contribution in [0.15, 0.2) is 42.5 Å². The van der Waals surface area contributed by atoms with E-state index >= 15 is 0 Å². The molecule has 1 aromatic heterocycles. The number of aryl methyl sites for hydroxylation is 1. The normalized spacial score (nSPS) is 21.9. The molecule has 0 aliphatic carbocycles. The quantitative estimate of drug-likeness (QED) is 0.663. The molecule has 1 amide bonds. The molecule has 7 nitrogen and oxygen atoms in total. The zero-order valence-corrected chi connectivity index (χ0v) is 18.4. The van der Waals surface area contributed by atoms with Crippen LogP contribution in [0, 0.1) is 0 Å². The van der Waals surface area contributed by atoms with Gasteiger partial charge >= 0.3 is 0 Å². The van der Waals surface area contributed by atoms with Crippen LogP contribution in [0.25, 0.3) is 10.9 Å². The molecule has 3 N–H and O–H groups in total. The molecule has 7 heteroatoms. The van der Waals surface area contributed by atoms with Crippen molar-refractivity contribution in [3.05, 3.63) is 53.7 Å². The van der Waals surface area contributed by atoms with Crippen LogP contribution in [0.1, 0.15) is 42.0 Å². The zero-order valence-electron chi connectivity index (χ0n) is 18.4. The molecule has 2 aromatic carbocycles. The number of anilines is 2. The Bertz CT molecular complexity index is 1200. The first-order valence-corrected chi connectivity index (χ1v) is 11.6. The largest absolute Gasteiger partial charge is 0.489 e. The molecule has 0 bridgehead atoms. The number of nitrogens with zero attached hydrogens (tertiary/aromatic N) is 3. The molecule has 1 fully saturated rings. The van der Waals surface area contributed by atoms with Gasteiger partial charge in [0.15, 0.2) is 0 Å². The first-order valence-electron chi connectivity index (χ1n) is 11.6. The van der Waals surface area contributed by atoms with Crippen molar-refractivity contribution >= 4 is 28.2 Å². The number of fused-ring (bicyclic) bond motifs is 1. The van der Waals surface area contributed by atoms with Crippen LogP contribution in [-0.4, -0.2) is 47.7 Å². The zero-order chi connectivity index (χ0) is 21.8. The number of benzene rings is 2. The van der Waals surface area contributed by atoms with E-state index in [1.165, 1.54) is 16.6 Å². The maximum absolute atomic E-state index is 13.3. The Morgan fingerprint density at radius 1 is 1.22 bits per heavy atom. The van der Waals surface area contributed by atoms with Crippen molar-refractivity contribution in [1.82, 2.24) is 9.47 Å². The lowest BCUT2D eigenvalue weighted by atomic mass is 10.0. The van der Waals surface area contributed by atoms with Gasteiger partial charge in [-0.3, -0.25) is 4.79 Å². The number of hydrogen-bond acceptors (Lipinski definition) is 5. The van der Waals surface area contributed by atoms with Gasteiger partial charge in [-0.25, -0.2) is 0 Å². The number of aromatic nitrogens is 1. The predicted molar refractivity (Wildman–Crippen MR) is 126 cm³/mol. The van der Waals surface area contributed by atoms with Crippen molar-refractivity contribution in [2.24, 2.45) is 5.73 Å². The Kier molecular flexibility index (Phi) is 4.54. The van der Waals surface area contributed by atoms with E-state index < -0.39 is 0 Å². The fourth-order valence-electron chi connectivity index (χ4n) is 5.52. The van der Waals surface area contributed by atoms with E-state index in [1.54, 1.807) is 0 Å². The summed E-state index contributed by atoms with van der Waals surface area (Å²) in [6.07, 6.45) is 1.94. The highest BCUT2D eigenvalue weighted by Crippen LogP contribution is 2.49. The summed E-state index contributed by atoms with van der Waals surface area (Å²) in [5.74, 6) is 0.820. The summed E-state index contributed by atoms with van der Waals surface area (Å²) < 4.78 is 8.40. The molecule has 3 aliphatic heterocycles. The van der Waals surface area contributed by atoms with E-state index in [2.05, 4.69) is 52.0 Å². The maximum Gasteiger partial charge on any atom is 0.254 e. The summed E-state index contributed by atoms with van der Waals surface area (Å²) >= 11 is 0. The lowest BCUT2D eigenvalue weighted by molar-refractivity contribution is 0.0708. The smallest absolute Gasteiger partial charge is 0.254 e. The number of para-hydroxylation sites is 1. The summed E-state index contributed by atoms with van der Waals surface area (Å²) in [6.45, 7) is 5.86. The first-order chi connectivity index (χ1) is 15.6. The number of amides is 1. The van der Waals surface area contributed by atoms with Gasteiger partial charge in [-0.05, 0) is 44.0 Å². The van der Waals surface area contributed by atoms with Gasteiger partial charge in [0, 0.05) is 42.1 Å². The molecule has 0 spiro atoms. The Hall–Kier alpha value is -3.19. The number of ether oxygens (including phenoxy) is 1. The second-order valence-electron chi connectivity index (χ2n) is 8.99. The molecule has 0 radical (unpaired) electrons. The van der Waals surface area contributed by atoms with Gasteiger partial charge in [-0.1, -0.05) is 18.2 Å². The Morgan fingerprint density at radius 2 is 2.09 bits per heavy atom. The summed E-state index contributed by atoms with van der Waals surface area (Å²) in [5.41, 5.74) is 11.3. The van der Waals surface area contributed by atoms with Gasteiger partial charge in [0.05, 0.1) is 17.9 Å². The number of nitrogens with two attached hydrogens (primary N) is 1. The van der Waals surface area contributed by atoms with Crippen molar-refractivity contribution in [3.63, 3.8) is 0 Å². The van der Waals surface area contributed by atoms with Crippen LogP contribution >= 0.6 is 0 Å². The topological polar surface area (TPSA) is 75.8 Å². The van der Waals surface area contributed by atoms with E-state index in [1.807, 2.05) is 17.0 Å². The third kappa shape index (κ3) is 2.95. The van der Waals surface area contributed by atoms with Gasteiger partial charge in [0.25, 0.3) is 5.91 Å². The van der Waals surface area contributed by atoms with Crippen LogP contribution in [0.3, 0.4) is 0 Å². The van der Waals surface area contributed by atoms with Gasteiger partial charge in [-0.2, -0.15) is 0 Å². The number of likely N-dealkylation sites (tertiary alicyclic amines) is 1. The molecule has 6 rings (SSSR count). The first kappa shape index (κ1) is 19.5. The Morgan fingerprint density at radius 3 is 2.94 bits per heavy atom. The van der Waals surface area contributed by atoms with Crippen LogP contribution in [0.4, 0.5) is 11.4 Å². The van der Waals surface area contributed by atoms with E-state index in [-0.39, 0.29) is 18.1 Å². The van der Waals surface area contributed by atoms with E-state index in [4.69, 9.17) is 10.5 Å². The average Bonchev–Trinajstić information content (AvgIpc) is 3.37. The summed E-state index contributed by atoms with van der Waals surface area (Å²) in [6, 6.07) is 14.7. The highest BCUT2D eigenvalue weighted by Gasteiger charge is 2.38. The Balaban J connectivity index is 1.39. The summed E-state index contributed by atoms with van der Waals surface area (Å²) in [5, 5.41) is 4.95. The standard InChI is InChI=1S/C25H29N5O2/c1-2-29-20-8-4-3-6-16(20)13-21(29)24-27-19-12-17(14-22-23(19)30(24)10-11-32-22)25(31)28-9-5-7-18(26)15-28/h3-4,6,8,12-14,18,24,27H,2,5,7,9-11,15,26H2,1H3/t18?,24-/m1/s1. The van der Waals surface area contributed by atoms with Crippen molar-refractivity contribution in [2.45, 2.75) is 38.5 Å². The maximum atomic E-state index is 13.3. The molecule has 1 saturated heterocycles. The van der Waals surface area contributed by atoms with Crippen molar-refractivity contribution < 1.29 is 9.53 Å². The molecule has 4 heterocycles. The minimum absolute atomic E-state index is 0.00811. The fourth-order valence-corrected chi connectivity index (χ4v) is 5.52. The third-order valence-electron chi connectivity index (χ3n) is 6.99. The van der Waals surface area contributed by atoms with E-state index in [0.717, 1.165) is 49.6 Å². The lowest BCUT2D eigenvalue weighted by Crippen LogP contribution is -2.45. The van der Waals surface area contributed by atoms with Crippen molar-refractivity contribution in [1.29, 1.82) is 0 Å². The van der Waals surface area contributed by atoms with Crippen LogP contribution in [-0.2, 0) is 6.54 Å². The number of carbonyl (C=O) groups is 1. The number of hydrogen-bond donors (Lipinski definition) is 2. The molecular formula is C25H29N5O2. The Labute approximate surface area is 187 Å². The number of carbonyl (C=O) groups excluding carboxylic acids is 1. The fraction of sp³-hybridized carbons (Fsp3) is 0.400. The van der Waals surface area contributed by atoms with Crippen molar-refractivity contribution in [2.75, 3.05) is 36.5 Å². The van der Waals surface area contributed by atoms with E-state index in [0.29, 0.717) is 18.7 Å². The van der Waals surface area contributed by atoms with Crippen LogP contribution < -0.4 is 20.7 Å². The second kappa shape index (κ2) is 7.45. The van der Waals surface area contributed by atoms with Crippen molar-refractivity contribution in [3.8, 4) is 5.75 Å². The number of rotatable bonds is 3. The minimum Gasteiger partial charge on any atom is -0.489 e. The predicted octanol–water partition coefficient (Wildman–Crippen LogP) is 3.55. The van der Waals surface area contributed by atoms with Gasteiger partial charge < -0.3 is 30.2 Å². The molecule has 3 aromatic rings. The molecule has 2 atom stereocenters. The third-order valence-corrected chi connectivity index (χ3v) is 6.99. The number of nitrogens with one attached hydrogen (secondary N) is 1.